The molecule has 1 aliphatic carbocycles. The molecule has 1 aliphatic rings. The third-order valence-corrected chi connectivity index (χ3v) is 2.66. The minimum absolute atomic E-state index is 0.149. The molecule has 0 aliphatic heterocycles. The van der Waals surface area contributed by atoms with E-state index in [9.17, 15) is 4.79 Å². The fourth-order valence-corrected chi connectivity index (χ4v) is 1.59. The van der Waals surface area contributed by atoms with Crippen molar-refractivity contribution in [1.82, 2.24) is 10.2 Å². The molecule has 1 fully saturated rings. The molecular formula is C11H18N4O2. The van der Waals surface area contributed by atoms with Gasteiger partial charge in [-0.05, 0) is 25.2 Å². The van der Waals surface area contributed by atoms with Crippen LogP contribution >= 0.6 is 0 Å². The van der Waals surface area contributed by atoms with Crippen LogP contribution in [-0.4, -0.2) is 22.1 Å². The average molecular weight is 238 g/mol. The summed E-state index contributed by atoms with van der Waals surface area (Å²) in [6, 6.07) is -0.387. The van der Waals surface area contributed by atoms with Crippen molar-refractivity contribution in [2.75, 3.05) is 5.32 Å². The highest BCUT2D eigenvalue weighted by molar-refractivity contribution is 5.92. The molecule has 6 nitrogen and oxygen atoms in total. The highest BCUT2D eigenvalue weighted by Gasteiger charge is 2.29. The first-order valence-corrected chi connectivity index (χ1v) is 5.96. The lowest BCUT2D eigenvalue weighted by atomic mass is 10.0. The van der Waals surface area contributed by atoms with Gasteiger partial charge < -0.3 is 10.2 Å². The molecule has 0 saturated heterocycles. The molecule has 3 N–H and O–H groups in total. The zero-order chi connectivity index (χ0) is 12.4. The number of carbonyl (C=O) groups is 1. The summed E-state index contributed by atoms with van der Waals surface area (Å²) < 4.78 is 5.32. The Kier molecular flexibility index (Phi) is 3.42. The van der Waals surface area contributed by atoms with Crippen LogP contribution in [0.1, 0.15) is 44.9 Å². The van der Waals surface area contributed by atoms with Gasteiger partial charge in [0.05, 0.1) is 6.04 Å². The number of hydrogen-bond acceptors (Lipinski definition) is 5. The van der Waals surface area contributed by atoms with Gasteiger partial charge in [-0.2, -0.15) is 0 Å². The van der Waals surface area contributed by atoms with Gasteiger partial charge in [0, 0.05) is 5.92 Å². The van der Waals surface area contributed by atoms with Gasteiger partial charge in [0.25, 0.3) is 0 Å². The second-order valence-electron chi connectivity index (χ2n) is 4.95. The van der Waals surface area contributed by atoms with E-state index in [0.717, 1.165) is 12.8 Å². The molecule has 1 aromatic heterocycles. The molecule has 1 saturated carbocycles. The van der Waals surface area contributed by atoms with Gasteiger partial charge in [0.15, 0.2) is 0 Å². The van der Waals surface area contributed by atoms with E-state index >= 15 is 0 Å². The molecule has 0 radical (unpaired) electrons. The van der Waals surface area contributed by atoms with Crippen molar-refractivity contribution in [3.8, 4) is 0 Å². The number of aromatic nitrogens is 2. The summed E-state index contributed by atoms with van der Waals surface area (Å²) in [4.78, 5) is 11.7. The maximum Gasteiger partial charge on any atom is 0.322 e. The monoisotopic (exact) mass is 238 g/mol. The fraction of sp³-hybridized carbons (Fsp3) is 0.727. The minimum Gasteiger partial charge on any atom is -0.408 e. The quantitative estimate of drug-likeness (QED) is 0.805. The SMILES string of the molecule is CC(C)C[C@@H](N)C(=O)Nc1nnc(C2CC2)o1. The standard InChI is InChI=1S/C11H18N4O2/c1-6(2)5-8(12)9(16)13-11-15-14-10(17-11)7-3-4-7/h6-8H,3-5,12H2,1-2H3,(H,13,15,16)/t8-/m1/s1. The predicted molar refractivity (Wildman–Crippen MR) is 62.3 cm³/mol. The van der Waals surface area contributed by atoms with Crippen LogP contribution < -0.4 is 11.1 Å². The first-order valence-electron chi connectivity index (χ1n) is 5.96. The summed E-state index contributed by atoms with van der Waals surface area (Å²) in [5.74, 6) is 1.10. The van der Waals surface area contributed by atoms with Gasteiger partial charge in [-0.1, -0.05) is 18.9 Å². The normalized spacial score (nSPS) is 17.2. The van der Waals surface area contributed by atoms with Crippen molar-refractivity contribution in [2.24, 2.45) is 11.7 Å². The van der Waals surface area contributed by atoms with E-state index in [4.69, 9.17) is 10.2 Å². The summed E-state index contributed by atoms with van der Waals surface area (Å²) in [6.45, 7) is 4.04. The van der Waals surface area contributed by atoms with Crippen molar-refractivity contribution < 1.29 is 9.21 Å². The van der Waals surface area contributed by atoms with Crippen LogP contribution in [0.5, 0.6) is 0 Å². The topological polar surface area (TPSA) is 94.0 Å². The number of nitrogens with zero attached hydrogens (tertiary/aromatic N) is 2. The molecule has 1 amide bonds. The summed E-state index contributed by atoms with van der Waals surface area (Å²) in [5.41, 5.74) is 5.74. The van der Waals surface area contributed by atoms with Crippen LogP contribution in [0.4, 0.5) is 6.01 Å². The van der Waals surface area contributed by atoms with E-state index in [0.29, 0.717) is 24.1 Å². The van der Waals surface area contributed by atoms with E-state index in [2.05, 4.69) is 15.5 Å². The fourth-order valence-electron chi connectivity index (χ4n) is 1.59. The third kappa shape index (κ3) is 3.26. The van der Waals surface area contributed by atoms with Gasteiger partial charge in [-0.15, -0.1) is 5.10 Å². The molecule has 0 spiro atoms. The van der Waals surface area contributed by atoms with Crippen LogP contribution in [-0.2, 0) is 4.79 Å². The lowest BCUT2D eigenvalue weighted by Gasteiger charge is -2.11. The Hall–Kier alpha value is -1.43. The molecular weight excluding hydrogens is 220 g/mol. The number of nitrogens with one attached hydrogen (secondary N) is 1. The molecule has 0 aromatic carbocycles. The summed E-state index contributed by atoms with van der Waals surface area (Å²) >= 11 is 0. The van der Waals surface area contributed by atoms with Crippen molar-refractivity contribution in [1.29, 1.82) is 0 Å². The zero-order valence-electron chi connectivity index (χ0n) is 10.1. The Morgan fingerprint density at radius 2 is 2.24 bits per heavy atom. The van der Waals surface area contributed by atoms with Crippen molar-refractivity contribution in [3.63, 3.8) is 0 Å². The van der Waals surface area contributed by atoms with Crippen LogP contribution in [0.25, 0.3) is 0 Å². The highest BCUT2D eigenvalue weighted by atomic mass is 16.4. The van der Waals surface area contributed by atoms with Crippen molar-refractivity contribution in [3.05, 3.63) is 5.89 Å². The minimum atomic E-state index is -0.536. The Morgan fingerprint density at radius 3 is 2.82 bits per heavy atom. The molecule has 94 valence electrons. The van der Waals surface area contributed by atoms with E-state index < -0.39 is 6.04 Å². The molecule has 2 rings (SSSR count). The molecule has 1 atom stereocenters. The molecule has 17 heavy (non-hydrogen) atoms. The molecule has 0 bridgehead atoms. The second-order valence-corrected chi connectivity index (χ2v) is 4.95. The second kappa shape index (κ2) is 4.83. The van der Waals surface area contributed by atoms with Crippen LogP contribution in [0, 0.1) is 5.92 Å². The summed E-state index contributed by atoms with van der Waals surface area (Å²) in [5, 5.41) is 10.2. The van der Waals surface area contributed by atoms with E-state index in [-0.39, 0.29) is 11.9 Å². The van der Waals surface area contributed by atoms with Gasteiger partial charge in [-0.25, -0.2) is 0 Å². The first-order chi connectivity index (χ1) is 8.06. The predicted octanol–water partition coefficient (Wildman–Crippen LogP) is 1.26. The number of hydrogen-bond donors (Lipinski definition) is 2. The zero-order valence-corrected chi connectivity index (χ0v) is 10.1. The van der Waals surface area contributed by atoms with Crippen LogP contribution in [0.2, 0.25) is 0 Å². The Morgan fingerprint density at radius 1 is 1.53 bits per heavy atom. The maximum atomic E-state index is 11.7. The highest BCUT2D eigenvalue weighted by Crippen LogP contribution is 2.39. The summed E-state index contributed by atoms with van der Waals surface area (Å²) in [6.07, 6.45) is 2.81. The number of anilines is 1. The Bertz CT molecular complexity index is 398. The number of rotatable bonds is 5. The molecule has 6 heteroatoms. The molecule has 1 heterocycles. The van der Waals surface area contributed by atoms with Gasteiger partial charge in [0.2, 0.25) is 11.8 Å². The van der Waals surface area contributed by atoms with Gasteiger partial charge in [-0.3, -0.25) is 10.1 Å². The largest absolute Gasteiger partial charge is 0.408 e. The lowest BCUT2D eigenvalue weighted by molar-refractivity contribution is -0.117. The van der Waals surface area contributed by atoms with Crippen LogP contribution in [0.3, 0.4) is 0 Å². The maximum absolute atomic E-state index is 11.7. The van der Waals surface area contributed by atoms with E-state index in [1.54, 1.807) is 0 Å². The van der Waals surface area contributed by atoms with Crippen molar-refractivity contribution >= 4 is 11.9 Å². The molecule has 0 unspecified atom stereocenters. The summed E-state index contributed by atoms with van der Waals surface area (Å²) in [7, 11) is 0. The van der Waals surface area contributed by atoms with E-state index in [1.165, 1.54) is 0 Å². The Balaban J connectivity index is 1.88. The first kappa shape index (κ1) is 12.0. The number of amides is 1. The number of carbonyl (C=O) groups excluding carboxylic acids is 1. The smallest absolute Gasteiger partial charge is 0.322 e. The Labute approximate surface area is 100.0 Å². The lowest BCUT2D eigenvalue weighted by Crippen LogP contribution is -2.36. The molecule has 1 aromatic rings. The van der Waals surface area contributed by atoms with Crippen LogP contribution in [0.15, 0.2) is 4.42 Å². The van der Waals surface area contributed by atoms with Gasteiger partial charge >= 0.3 is 6.01 Å². The van der Waals surface area contributed by atoms with Gasteiger partial charge in [0.1, 0.15) is 0 Å². The number of nitrogens with two attached hydrogens (primary N) is 1. The average Bonchev–Trinajstić information content (AvgIpc) is 2.99. The third-order valence-electron chi connectivity index (χ3n) is 2.66. The van der Waals surface area contributed by atoms with Crippen molar-refractivity contribution in [2.45, 2.75) is 45.1 Å². The van der Waals surface area contributed by atoms with E-state index in [1.807, 2.05) is 13.8 Å².